The molecule has 0 aliphatic carbocycles. The first-order chi connectivity index (χ1) is 9.47. The van der Waals surface area contributed by atoms with E-state index in [0.29, 0.717) is 13.0 Å². The van der Waals surface area contributed by atoms with Crippen LogP contribution >= 0.6 is 0 Å². The molecule has 0 amide bonds. The molecular formula is C18H24O2. The molecule has 0 spiro atoms. The predicted octanol–water partition coefficient (Wildman–Crippen LogP) is 4.32. The van der Waals surface area contributed by atoms with Gasteiger partial charge in [-0.15, -0.1) is 0 Å². The van der Waals surface area contributed by atoms with Crippen molar-refractivity contribution in [3.05, 3.63) is 60.2 Å². The fourth-order valence-electron chi connectivity index (χ4n) is 1.62. The molecule has 1 aromatic rings. The minimum Gasteiger partial charge on any atom is -0.461 e. The molecule has 0 unspecified atom stereocenters. The Morgan fingerprint density at radius 2 is 1.80 bits per heavy atom. The molecule has 1 aromatic carbocycles. The quantitative estimate of drug-likeness (QED) is 0.569. The van der Waals surface area contributed by atoms with Crippen LogP contribution in [0.1, 0.15) is 32.8 Å². The zero-order chi connectivity index (χ0) is 14.8. The highest BCUT2D eigenvalue weighted by atomic mass is 16.5. The van der Waals surface area contributed by atoms with Gasteiger partial charge in [-0.3, -0.25) is 4.79 Å². The molecule has 1 rings (SSSR count). The van der Waals surface area contributed by atoms with E-state index in [1.165, 1.54) is 0 Å². The maximum Gasteiger partial charge on any atom is 0.310 e. The zero-order valence-corrected chi connectivity index (χ0v) is 12.6. The van der Waals surface area contributed by atoms with Crippen LogP contribution in [0.15, 0.2) is 54.6 Å². The largest absolute Gasteiger partial charge is 0.461 e. The highest BCUT2D eigenvalue weighted by Crippen LogP contribution is 2.14. The van der Waals surface area contributed by atoms with Crippen molar-refractivity contribution < 1.29 is 9.53 Å². The predicted molar refractivity (Wildman–Crippen MR) is 83.5 cm³/mol. The molecule has 0 heterocycles. The van der Waals surface area contributed by atoms with Crippen molar-refractivity contribution in [2.24, 2.45) is 5.41 Å². The van der Waals surface area contributed by atoms with Crippen LogP contribution in [0.5, 0.6) is 0 Å². The van der Waals surface area contributed by atoms with Crippen molar-refractivity contribution in [1.82, 2.24) is 0 Å². The Hall–Kier alpha value is -1.83. The second kappa shape index (κ2) is 8.36. The van der Waals surface area contributed by atoms with Crippen molar-refractivity contribution >= 4 is 5.97 Å². The van der Waals surface area contributed by atoms with E-state index in [2.05, 4.69) is 32.9 Å². The number of benzene rings is 1. The Morgan fingerprint density at radius 1 is 1.10 bits per heavy atom. The van der Waals surface area contributed by atoms with Gasteiger partial charge >= 0.3 is 5.97 Å². The molecule has 2 nitrogen and oxygen atoms in total. The Kier molecular flexibility index (Phi) is 6.78. The van der Waals surface area contributed by atoms with Gasteiger partial charge in [-0.2, -0.15) is 0 Å². The third-order valence-corrected chi connectivity index (χ3v) is 2.59. The number of allylic oxidation sites excluding steroid dienone is 3. The van der Waals surface area contributed by atoms with E-state index in [1.54, 1.807) is 0 Å². The van der Waals surface area contributed by atoms with Gasteiger partial charge in [-0.05, 0) is 17.4 Å². The lowest BCUT2D eigenvalue weighted by Crippen LogP contribution is -2.07. The molecule has 20 heavy (non-hydrogen) atoms. The third kappa shape index (κ3) is 8.30. The van der Waals surface area contributed by atoms with Gasteiger partial charge in [-0.25, -0.2) is 0 Å². The summed E-state index contributed by atoms with van der Waals surface area (Å²) in [5, 5.41) is 0. The summed E-state index contributed by atoms with van der Waals surface area (Å²) in [5.74, 6) is -0.189. The van der Waals surface area contributed by atoms with E-state index in [0.717, 1.165) is 12.0 Å². The fourth-order valence-corrected chi connectivity index (χ4v) is 1.62. The average molecular weight is 272 g/mol. The molecule has 108 valence electrons. The summed E-state index contributed by atoms with van der Waals surface area (Å²) in [6.45, 7) is 6.84. The van der Waals surface area contributed by atoms with Crippen LogP contribution in [0, 0.1) is 5.41 Å². The van der Waals surface area contributed by atoms with Crippen LogP contribution in [-0.2, 0) is 16.0 Å². The average Bonchev–Trinajstić information content (AvgIpc) is 2.37. The van der Waals surface area contributed by atoms with Crippen LogP contribution in [0.3, 0.4) is 0 Å². The van der Waals surface area contributed by atoms with E-state index >= 15 is 0 Å². The monoisotopic (exact) mass is 272 g/mol. The molecule has 2 heteroatoms. The van der Waals surface area contributed by atoms with Gasteiger partial charge in [0.25, 0.3) is 0 Å². The summed E-state index contributed by atoms with van der Waals surface area (Å²) in [6.07, 6.45) is 9.40. The Balaban J connectivity index is 2.18. The standard InChI is InChI=1S/C18H24O2/c1-18(2,3)13-9-4-5-10-14-20-17(19)15-16-11-7-6-8-12-16/h5-13H,4,14-15H2,1-3H3/b10-5+,13-9+. The number of esters is 1. The highest BCUT2D eigenvalue weighted by molar-refractivity contribution is 5.72. The second-order valence-electron chi connectivity index (χ2n) is 5.82. The zero-order valence-electron chi connectivity index (χ0n) is 12.6. The summed E-state index contributed by atoms with van der Waals surface area (Å²) in [7, 11) is 0. The molecule has 0 saturated carbocycles. The number of ether oxygens (including phenoxy) is 1. The fraction of sp³-hybridized carbons (Fsp3) is 0.389. The summed E-state index contributed by atoms with van der Waals surface area (Å²) in [4.78, 5) is 11.6. The minimum atomic E-state index is -0.189. The highest BCUT2D eigenvalue weighted by Gasteiger charge is 2.03. The van der Waals surface area contributed by atoms with E-state index in [4.69, 9.17) is 4.74 Å². The van der Waals surface area contributed by atoms with Crippen LogP contribution in [-0.4, -0.2) is 12.6 Å². The second-order valence-corrected chi connectivity index (χ2v) is 5.82. The first kappa shape index (κ1) is 16.2. The molecule has 0 aromatic heterocycles. The minimum absolute atomic E-state index is 0.189. The molecule has 0 N–H and O–H groups in total. The van der Waals surface area contributed by atoms with Crippen LogP contribution in [0.25, 0.3) is 0 Å². The molecule has 0 fully saturated rings. The maximum atomic E-state index is 11.6. The number of carbonyl (C=O) groups excluding carboxylic acids is 1. The van der Waals surface area contributed by atoms with Gasteiger partial charge in [-0.1, -0.05) is 75.4 Å². The normalized spacial score (nSPS) is 12.2. The molecule has 0 bridgehead atoms. The van der Waals surface area contributed by atoms with E-state index in [9.17, 15) is 4.79 Å². The molecular weight excluding hydrogens is 248 g/mol. The van der Waals surface area contributed by atoms with Crippen molar-refractivity contribution in [2.45, 2.75) is 33.6 Å². The summed E-state index contributed by atoms with van der Waals surface area (Å²) in [6, 6.07) is 9.62. The number of hydrogen-bond acceptors (Lipinski definition) is 2. The van der Waals surface area contributed by atoms with Gasteiger partial charge in [0.15, 0.2) is 0 Å². The van der Waals surface area contributed by atoms with E-state index in [-0.39, 0.29) is 11.4 Å². The van der Waals surface area contributed by atoms with Crippen LogP contribution in [0.4, 0.5) is 0 Å². The molecule has 0 radical (unpaired) electrons. The maximum absolute atomic E-state index is 11.6. The summed E-state index contributed by atoms with van der Waals surface area (Å²) >= 11 is 0. The Morgan fingerprint density at radius 3 is 2.45 bits per heavy atom. The van der Waals surface area contributed by atoms with Gasteiger partial charge in [0.2, 0.25) is 0 Å². The molecule has 0 saturated heterocycles. The lowest BCUT2D eigenvalue weighted by atomic mass is 9.96. The lowest BCUT2D eigenvalue weighted by Gasteiger charge is -2.10. The van der Waals surface area contributed by atoms with Gasteiger partial charge in [0.05, 0.1) is 6.42 Å². The van der Waals surface area contributed by atoms with Gasteiger partial charge in [0, 0.05) is 0 Å². The van der Waals surface area contributed by atoms with Crippen LogP contribution < -0.4 is 0 Å². The Bertz CT molecular complexity index is 450. The topological polar surface area (TPSA) is 26.3 Å². The Labute approximate surface area is 122 Å². The first-order valence-electron chi connectivity index (χ1n) is 6.99. The van der Waals surface area contributed by atoms with E-state index in [1.807, 2.05) is 42.5 Å². The van der Waals surface area contributed by atoms with E-state index < -0.39 is 0 Å². The van der Waals surface area contributed by atoms with Crippen molar-refractivity contribution in [2.75, 3.05) is 6.61 Å². The summed E-state index contributed by atoms with van der Waals surface area (Å²) < 4.78 is 5.14. The molecule has 0 aliphatic heterocycles. The van der Waals surface area contributed by atoms with Gasteiger partial charge in [0.1, 0.15) is 6.61 Å². The SMILES string of the molecule is CC(C)(C)/C=C/C/C=C/COC(=O)Cc1ccccc1. The van der Waals surface area contributed by atoms with Gasteiger partial charge < -0.3 is 4.74 Å². The smallest absolute Gasteiger partial charge is 0.310 e. The molecule has 0 atom stereocenters. The van der Waals surface area contributed by atoms with Crippen molar-refractivity contribution in [3.8, 4) is 0 Å². The van der Waals surface area contributed by atoms with Crippen molar-refractivity contribution in [3.63, 3.8) is 0 Å². The van der Waals surface area contributed by atoms with Crippen LogP contribution in [0.2, 0.25) is 0 Å². The summed E-state index contributed by atoms with van der Waals surface area (Å²) in [5.41, 5.74) is 1.20. The number of carbonyl (C=O) groups is 1. The van der Waals surface area contributed by atoms with Crippen molar-refractivity contribution in [1.29, 1.82) is 0 Å². The first-order valence-corrected chi connectivity index (χ1v) is 6.99. The molecule has 0 aliphatic rings. The third-order valence-electron chi connectivity index (χ3n) is 2.59. The number of rotatable bonds is 6. The number of hydrogen-bond donors (Lipinski definition) is 0. The lowest BCUT2D eigenvalue weighted by molar-refractivity contribution is -0.141.